The van der Waals surface area contributed by atoms with Crippen LogP contribution in [0, 0.1) is 0 Å². The van der Waals surface area contributed by atoms with E-state index >= 15 is 0 Å². The molecule has 0 unspecified atom stereocenters. The summed E-state index contributed by atoms with van der Waals surface area (Å²) in [5.74, 6) is 0. The van der Waals surface area contributed by atoms with Crippen molar-refractivity contribution in [3.05, 3.63) is 108 Å². The quantitative estimate of drug-likeness (QED) is 0.439. The number of benzene rings is 3. The second kappa shape index (κ2) is 6.22. The Morgan fingerprint density at radius 2 is 1.41 bits per heavy atom. The maximum absolute atomic E-state index is 12.8. The molecule has 0 amide bonds. The van der Waals surface area contributed by atoms with Crippen molar-refractivity contribution in [2.24, 2.45) is 0 Å². The maximum atomic E-state index is 12.8. The fraction of sp³-hybridized carbons (Fsp3) is 0. The Morgan fingerprint density at radius 1 is 0.704 bits per heavy atom. The van der Waals surface area contributed by atoms with Gasteiger partial charge in [-0.1, -0.05) is 48.5 Å². The zero-order valence-corrected chi connectivity index (χ0v) is 14.5. The molecule has 2 aromatic heterocycles. The zero-order valence-electron chi connectivity index (χ0n) is 14.5. The van der Waals surface area contributed by atoms with Crippen LogP contribution in [0.3, 0.4) is 0 Å². The van der Waals surface area contributed by atoms with Crippen molar-refractivity contribution in [1.82, 2.24) is 9.55 Å². The lowest BCUT2D eigenvalue weighted by Gasteiger charge is -2.19. The van der Waals surface area contributed by atoms with Crippen LogP contribution in [0.1, 0.15) is 0 Å². The van der Waals surface area contributed by atoms with Crippen LogP contribution in [0.2, 0.25) is 0 Å². The Balaban J connectivity index is 1.99. The second-order valence-corrected chi connectivity index (χ2v) is 6.48. The van der Waals surface area contributed by atoms with E-state index in [2.05, 4.69) is 39.9 Å². The standard InChI is InChI=1S/C24H16N2O/c27-24-16-23(18-12-14-25-15-13-18)26(22-10-4-3-9-20(22)24)21-11-5-7-17-6-1-2-8-19(17)21/h1-16H. The van der Waals surface area contributed by atoms with Gasteiger partial charge in [-0.2, -0.15) is 0 Å². The molecular weight excluding hydrogens is 332 g/mol. The first-order valence-corrected chi connectivity index (χ1v) is 8.86. The second-order valence-electron chi connectivity index (χ2n) is 6.48. The number of rotatable bonds is 2. The van der Waals surface area contributed by atoms with E-state index < -0.39 is 0 Å². The fourth-order valence-electron chi connectivity index (χ4n) is 3.67. The van der Waals surface area contributed by atoms with E-state index in [0.29, 0.717) is 5.39 Å². The van der Waals surface area contributed by atoms with Crippen molar-refractivity contribution in [3.8, 4) is 16.9 Å². The first kappa shape index (κ1) is 15.5. The van der Waals surface area contributed by atoms with Gasteiger partial charge in [-0.15, -0.1) is 0 Å². The summed E-state index contributed by atoms with van der Waals surface area (Å²) in [5.41, 5.74) is 3.79. The first-order valence-electron chi connectivity index (χ1n) is 8.86. The van der Waals surface area contributed by atoms with Gasteiger partial charge in [0.25, 0.3) is 0 Å². The van der Waals surface area contributed by atoms with Crippen molar-refractivity contribution in [2.45, 2.75) is 0 Å². The van der Waals surface area contributed by atoms with Gasteiger partial charge in [-0.3, -0.25) is 9.78 Å². The van der Waals surface area contributed by atoms with Gasteiger partial charge in [0.2, 0.25) is 0 Å². The number of aromatic nitrogens is 2. The minimum atomic E-state index is 0.0221. The smallest absolute Gasteiger partial charge is 0.190 e. The summed E-state index contributed by atoms with van der Waals surface area (Å²) in [6.07, 6.45) is 3.50. The number of para-hydroxylation sites is 1. The molecule has 128 valence electrons. The predicted molar refractivity (Wildman–Crippen MR) is 110 cm³/mol. The van der Waals surface area contributed by atoms with E-state index in [9.17, 15) is 4.79 Å². The molecule has 5 rings (SSSR count). The molecule has 0 radical (unpaired) electrons. The third-order valence-corrected chi connectivity index (χ3v) is 4.90. The Kier molecular flexibility index (Phi) is 3.58. The van der Waals surface area contributed by atoms with E-state index in [1.807, 2.05) is 48.5 Å². The molecular formula is C24H16N2O. The van der Waals surface area contributed by atoms with Crippen LogP contribution in [0.4, 0.5) is 0 Å². The van der Waals surface area contributed by atoms with Gasteiger partial charge in [0.1, 0.15) is 0 Å². The summed E-state index contributed by atoms with van der Waals surface area (Å²) in [5, 5.41) is 3.02. The minimum absolute atomic E-state index is 0.0221. The van der Waals surface area contributed by atoms with Gasteiger partial charge >= 0.3 is 0 Å². The first-order chi connectivity index (χ1) is 13.3. The highest BCUT2D eigenvalue weighted by molar-refractivity contribution is 5.94. The van der Waals surface area contributed by atoms with Gasteiger partial charge in [-0.25, -0.2) is 0 Å². The van der Waals surface area contributed by atoms with Crippen LogP contribution in [0.25, 0.3) is 38.6 Å². The lowest BCUT2D eigenvalue weighted by atomic mass is 10.0. The molecule has 5 aromatic rings. The topological polar surface area (TPSA) is 34.9 Å². The molecule has 0 atom stereocenters. The van der Waals surface area contributed by atoms with Crippen LogP contribution >= 0.6 is 0 Å². The molecule has 3 aromatic carbocycles. The van der Waals surface area contributed by atoms with Gasteiger partial charge in [-0.05, 0) is 35.7 Å². The lowest BCUT2D eigenvalue weighted by molar-refractivity contribution is 1.12. The molecule has 0 N–H and O–H groups in total. The van der Waals surface area contributed by atoms with Gasteiger partial charge in [0, 0.05) is 34.8 Å². The highest BCUT2D eigenvalue weighted by Crippen LogP contribution is 2.30. The SMILES string of the molecule is O=c1cc(-c2ccncc2)n(-c2cccc3ccccc23)c2ccccc12. The summed E-state index contributed by atoms with van der Waals surface area (Å²) in [4.78, 5) is 16.9. The minimum Gasteiger partial charge on any atom is -0.308 e. The maximum Gasteiger partial charge on any atom is 0.190 e. The number of hydrogen-bond donors (Lipinski definition) is 0. The number of nitrogens with zero attached hydrogens (tertiary/aromatic N) is 2. The Labute approximate surface area is 156 Å². The molecule has 0 aliphatic heterocycles. The summed E-state index contributed by atoms with van der Waals surface area (Å²) in [6, 6.07) is 27.9. The average molecular weight is 348 g/mol. The molecule has 0 aliphatic rings. The van der Waals surface area contributed by atoms with Crippen molar-refractivity contribution >= 4 is 21.7 Å². The number of fused-ring (bicyclic) bond motifs is 2. The van der Waals surface area contributed by atoms with Crippen molar-refractivity contribution < 1.29 is 0 Å². The Hall–Kier alpha value is -3.72. The molecule has 0 saturated carbocycles. The predicted octanol–water partition coefficient (Wildman–Crippen LogP) is 5.21. The van der Waals surface area contributed by atoms with Crippen molar-refractivity contribution in [1.29, 1.82) is 0 Å². The fourth-order valence-corrected chi connectivity index (χ4v) is 3.67. The van der Waals surface area contributed by atoms with Crippen LogP contribution < -0.4 is 5.43 Å². The summed E-state index contributed by atoms with van der Waals surface area (Å²) in [6.45, 7) is 0. The van der Waals surface area contributed by atoms with E-state index in [0.717, 1.165) is 27.8 Å². The molecule has 0 aliphatic carbocycles. The molecule has 2 heterocycles. The van der Waals surface area contributed by atoms with E-state index in [1.165, 1.54) is 5.39 Å². The zero-order chi connectivity index (χ0) is 18.2. The molecule has 27 heavy (non-hydrogen) atoms. The number of pyridine rings is 2. The molecule has 3 heteroatoms. The molecule has 3 nitrogen and oxygen atoms in total. The summed E-state index contributed by atoms with van der Waals surface area (Å²) in [7, 11) is 0. The molecule has 0 spiro atoms. The Morgan fingerprint density at radius 3 is 2.26 bits per heavy atom. The molecule has 0 saturated heterocycles. The van der Waals surface area contributed by atoms with Crippen LogP contribution in [0.15, 0.2) is 102 Å². The lowest BCUT2D eigenvalue weighted by Crippen LogP contribution is -2.11. The molecule has 0 fully saturated rings. The van der Waals surface area contributed by atoms with Gasteiger partial charge in [0.05, 0.1) is 16.9 Å². The van der Waals surface area contributed by atoms with Gasteiger partial charge in [0.15, 0.2) is 5.43 Å². The Bertz CT molecular complexity index is 1330. The van der Waals surface area contributed by atoms with Crippen molar-refractivity contribution in [2.75, 3.05) is 0 Å². The summed E-state index contributed by atoms with van der Waals surface area (Å²) >= 11 is 0. The van der Waals surface area contributed by atoms with E-state index in [1.54, 1.807) is 18.5 Å². The normalized spacial score (nSPS) is 11.1. The third-order valence-electron chi connectivity index (χ3n) is 4.90. The summed E-state index contributed by atoms with van der Waals surface area (Å²) < 4.78 is 2.17. The average Bonchev–Trinajstić information content (AvgIpc) is 2.74. The van der Waals surface area contributed by atoms with E-state index in [-0.39, 0.29) is 5.43 Å². The van der Waals surface area contributed by atoms with Crippen LogP contribution in [-0.4, -0.2) is 9.55 Å². The highest BCUT2D eigenvalue weighted by atomic mass is 16.1. The molecule has 0 bridgehead atoms. The largest absolute Gasteiger partial charge is 0.308 e. The highest BCUT2D eigenvalue weighted by Gasteiger charge is 2.14. The van der Waals surface area contributed by atoms with Gasteiger partial charge < -0.3 is 4.57 Å². The van der Waals surface area contributed by atoms with Crippen LogP contribution in [0.5, 0.6) is 0 Å². The third kappa shape index (κ3) is 2.52. The van der Waals surface area contributed by atoms with Crippen LogP contribution in [-0.2, 0) is 0 Å². The monoisotopic (exact) mass is 348 g/mol. The van der Waals surface area contributed by atoms with Crippen molar-refractivity contribution in [3.63, 3.8) is 0 Å². The number of hydrogen-bond acceptors (Lipinski definition) is 2. The van der Waals surface area contributed by atoms with E-state index in [4.69, 9.17) is 0 Å².